The molecule has 0 bridgehead atoms. The standard InChI is InChI=1S/C10H12ClNO2/c1-6-4-8(11)9(5-7(6)2)12-10(13)14-3/h4-5H,1-3H3,(H,12,13). The molecule has 3 nitrogen and oxygen atoms in total. The normalized spacial score (nSPS) is 9.71. The topological polar surface area (TPSA) is 38.3 Å². The molecule has 0 aliphatic carbocycles. The number of anilines is 1. The van der Waals surface area contributed by atoms with Crippen LogP contribution >= 0.6 is 11.6 Å². The molecule has 0 atom stereocenters. The number of methoxy groups -OCH3 is 1. The van der Waals surface area contributed by atoms with Crippen LogP contribution < -0.4 is 5.32 Å². The number of ether oxygens (including phenoxy) is 1. The van der Waals surface area contributed by atoms with Gasteiger partial charge in [0, 0.05) is 0 Å². The maximum Gasteiger partial charge on any atom is 0.411 e. The fourth-order valence-corrected chi connectivity index (χ4v) is 1.30. The average molecular weight is 214 g/mol. The highest BCUT2D eigenvalue weighted by molar-refractivity contribution is 6.33. The van der Waals surface area contributed by atoms with Crippen LogP contribution in [0.25, 0.3) is 0 Å². The van der Waals surface area contributed by atoms with E-state index in [2.05, 4.69) is 10.1 Å². The maximum absolute atomic E-state index is 10.9. The van der Waals surface area contributed by atoms with E-state index in [1.165, 1.54) is 7.11 Å². The minimum Gasteiger partial charge on any atom is -0.453 e. The zero-order valence-electron chi connectivity index (χ0n) is 8.35. The van der Waals surface area contributed by atoms with Crippen molar-refractivity contribution in [3.8, 4) is 0 Å². The summed E-state index contributed by atoms with van der Waals surface area (Å²) in [7, 11) is 1.31. The smallest absolute Gasteiger partial charge is 0.411 e. The maximum atomic E-state index is 10.9. The second-order valence-electron chi connectivity index (χ2n) is 3.03. The van der Waals surface area contributed by atoms with Gasteiger partial charge in [0.25, 0.3) is 0 Å². The monoisotopic (exact) mass is 213 g/mol. The molecule has 1 N–H and O–H groups in total. The van der Waals surface area contributed by atoms with Crippen molar-refractivity contribution in [2.24, 2.45) is 0 Å². The minimum atomic E-state index is -0.518. The van der Waals surface area contributed by atoms with Gasteiger partial charge in [-0.05, 0) is 37.1 Å². The van der Waals surface area contributed by atoms with Crippen LogP contribution in [0.2, 0.25) is 5.02 Å². The van der Waals surface area contributed by atoms with E-state index in [1.807, 2.05) is 26.0 Å². The number of amides is 1. The molecule has 0 spiro atoms. The Bertz CT molecular complexity index is 363. The van der Waals surface area contributed by atoms with E-state index in [9.17, 15) is 4.79 Å². The molecule has 0 fully saturated rings. The lowest BCUT2D eigenvalue weighted by Gasteiger charge is -2.08. The molecule has 0 saturated heterocycles. The number of hydrogen-bond donors (Lipinski definition) is 1. The molecule has 0 unspecified atom stereocenters. The average Bonchev–Trinajstić information content (AvgIpc) is 2.14. The van der Waals surface area contributed by atoms with Crippen molar-refractivity contribution in [3.05, 3.63) is 28.3 Å². The van der Waals surface area contributed by atoms with E-state index in [4.69, 9.17) is 11.6 Å². The summed E-state index contributed by atoms with van der Waals surface area (Å²) >= 11 is 5.93. The third-order valence-electron chi connectivity index (χ3n) is 2.01. The van der Waals surface area contributed by atoms with Crippen molar-refractivity contribution in [1.29, 1.82) is 0 Å². The predicted molar refractivity (Wildman–Crippen MR) is 57.0 cm³/mol. The number of rotatable bonds is 1. The summed E-state index contributed by atoms with van der Waals surface area (Å²) in [5.74, 6) is 0. The zero-order chi connectivity index (χ0) is 10.7. The molecular weight excluding hydrogens is 202 g/mol. The third kappa shape index (κ3) is 2.39. The Morgan fingerprint density at radius 3 is 2.50 bits per heavy atom. The van der Waals surface area contributed by atoms with Crippen molar-refractivity contribution in [2.75, 3.05) is 12.4 Å². The van der Waals surface area contributed by atoms with Gasteiger partial charge < -0.3 is 4.74 Å². The van der Waals surface area contributed by atoms with E-state index in [0.29, 0.717) is 10.7 Å². The summed E-state index contributed by atoms with van der Waals surface area (Å²) in [4.78, 5) is 10.9. The van der Waals surface area contributed by atoms with E-state index in [-0.39, 0.29) is 0 Å². The molecule has 0 heterocycles. The number of aryl methyl sites for hydroxylation is 2. The Hall–Kier alpha value is -1.22. The van der Waals surface area contributed by atoms with Crippen LogP contribution in [0.3, 0.4) is 0 Å². The van der Waals surface area contributed by atoms with Gasteiger partial charge in [0.1, 0.15) is 0 Å². The molecule has 0 aliphatic rings. The van der Waals surface area contributed by atoms with Gasteiger partial charge in [-0.3, -0.25) is 5.32 Å². The number of nitrogens with one attached hydrogen (secondary N) is 1. The fraction of sp³-hybridized carbons (Fsp3) is 0.300. The Balaban J connectivity index is 2.98. The van der Waals surface area contributed by atoms with Gasteiger partial charge in [-0.25, -0.2) is 4.79 Å². The summed E-state index contributed by atoms with van der Waals surface area (Å²) in [5.41, 5.74) is 2.73. The van der Waals surface area contributed by atoms with Crippen molar-refractivity contribution >= 4 is 23.4 Å². The first-order chi connectivity index (χ1) is 6.54. The summed E-state index contributed by atoms with van der Waals surface area (Å²) in [6.45, 7) is 3.91. The highest BCUT2D eigenvalue weighted by Crippen LogP contribution is 2.25. The van der Waals surface area contributed by atoms with Gasteiger partial charge in [-0.15, -0.1) is 0 Å². The van der Waals surface area contributed by atoms with E-state index >= 15 is 0 Å². The van der Waals surface area contributed by atoms with Crippen LogP contribution in [-0.4, -0.2) is 13.2 Å². The first kappa shape index (κ1) is 10.9. The van der Waals surface area contributed by atoms with Gasteiger partial charge in [-0.2, -0.15) is 0 Å². The molecule has 1 rings (SSSR count). The van der Waals surface area contributed by atoms with Crippen LogP contribution in [0, 0.1) is 13.8 Å². The molecule has 1 aromatic carbocycles. The summed E-state index contributed by atoms with van der Waals surface area (Å²) in [5, 5.41) is 3.05. The van der Waals surface area contributed by atoms with Crippen LogP contribution in [0.4, 0.5) is 10.5 Å². The molecular formula is C10H12ClNO2. The van der Waals surface area contributed by atoms with Crippen molar-refractivity contribution < 1.29 is 9.53 Å². The zero-order valence-corrected chi connectivity index (χ0v) is 9.11. The largest absolute Gasteiger partial charge is 0.453 e. The number of halogens is 1. The van der Waals surface area contributed by atoms with Gasteiger partial charge in [0.05, 0.1) is 17.8 Å². The molecule has 0 saturated carbocycles. The second-order valence-corrected chi connectivity index (χ2v) is 3.44. The van der Waals surface area contributed by atoms with Gasteiger partial charge in [-0.1, -0.05) is 11.6 Å². The van der Waals surface area contributed by atoms with Gasteiger partial charge >= 0.3 is 6.09 Å². The number of benzene rings is 1. The molecule has 0 aliphatic heterocycles. The molecule has 0 radical (unpaired) electrons. The summed E-state index contributed by atoms with van der Waals surface area (Å²) in [6, 6.07) is 3.62. The van der Waals surface area contributed by atoms with Crippen molar-refractivity contribution in [3.63, 3.8) is 0 Å². The first-order valence-electron chi connectivity index (χ1n) is 4.16. The van der Waals surface area contributed by atoms with E-state index in [1.54, 1.807) is 0 Å². The predicted octanol–water partition coefficient (Wildman–Crippen LogP) is 3.14. The SMILES string of the molecule is COC(=O)Nc1cc(C)c(C)cc1Cl. The minimum absolute atomic E-state index is 0.513. The third-order valence-corrected chi connectivity index (χ3v) is 2.32. The summed E-state index contributed by atoms with van der Waals surface area (Å²) in [6.07, 6.45) is -0.518. The fourth-order valence-electron chi connectivity index (χ4n) is 1.04. The lowest BCUT2D eigenvalue weighted by atomic mass is 10.1. The van der Waals surface area contributed by atoms with Crippen LogP contribution in [-0.2, 0) is 4.74 Å². The van der Waals surface area contributed by atoms with Gasteiger partial charge in [0.15, 0.2) is 0 Å². The molecule has 14 heavy (non-hydrogen) atoms. The highest BCUT2D eigenvalue weighted by atomic mass is 35.5. The first-order valence-corrected chi connectivity index (χ1v) is 4.54. The molecule has 76 valence electrons. The lowest BCUT2D eigenvalue weighted by Crippen LogP contribution is -2.11. The quantitative estimate of drug-likeness (QED) is 0.779. The van der Waals surface area contributed by atoms with Crippen molar-refractivity contribution in [1.82, 2.24) is 0 Å². The van der Waals surface area contributed by atoms with Crippen LogP contribution in [0.5, 0.6) is 0 Å². The Morgan fingerprint density at radius 1 is 1.36 bits per heavy atom. The second kappa shape index (κ2) is 4.33. The number of hydrogen-bond acceptors (Lipinski definition) is 2. The van der Waals surface area contributed by atoms with E-state index in [0.717, 1.165) is 11.1 Å². The molecule has 4 heteroatoms. The molecule has 1 aromatic rings. The number of carbonyl (C=O) groups excluding carboxylic acids is 1. The van der Waals surface area contributed by atoms with E-state index < -0.39 is 6.09 Å². The number of carbonyl (C=O) groups is 1. The Morgan fingerprint density at radius 2 is 1.93 bits per heavy atom. The summed E-state index contributed by atoms with van der Waals surface area (Å²) < 4.78 is 4.47. The van der Waals surface area contributed by atoms with Gasteiger partial charge in [0.2, 0.25) is 0 Å². The molecule has 0 aromatic heterocycles. The Labute approximate surface area is 88.0 Å². The molecule has 1 amide bonds. The Kier molecular flexibility index (Phi) is 3.36. The highest BCUT2D eigenvalue weighted by Gasteiger charge is 2.06. The van der Waals surface area contributed by atoms with Crippen molar-refractivity contribution in [2.45, 2.75) is 13.8 Å². The lowest BCUT2D eigenvalue weighted by molar-refractivity contribution is 0.187. The van der Waals surface area contributed by atoms with Crippen LogP contribution in [0.15, 0.2) is 12.1 Å². The van der Waals surface area contributed by atoms with Crippen LogP contribution in [0.1, 0.15) is 11.1 Å².